The van der Waals surface area contributed by atoms with Gasteiger partial charge in [-0.25, -0.2) is 0 Å². The molecule has 2 aromatic rings. The number of carbonyl (C=O) groups excluding carboxylic acids is 3. The number of hydrogen-bond donors (Lipinski definition) is 2. The highest BCUT2D eigenvalue weighted by Gasteiger charge is 2.31. The van der Waals surface area contributed by atoms with E-state index in [1.165, 1.54) is 24.3 Å². The number of ether oxygens (including phenoxy) is 2. The van der Waals surface area contributed by atoms with Gasteiger partial charge in [0, 0.05) is 37.1 Å². The summed E-state index contributed by atoms with van der Waals surface area (Å²) in [5, 5.41) is 5.11. The van der Waals surface area contributed by atoms with Gasteiger partial charge < -0.3 is 20.1 Å². The molecule has 0 fully saturated rings. The molecule has 0 radical (unpaired) electrons. The van der Waals surface area contributed by atoms with Crippen LogP contribution in [0.3, 0.4) is 0 Å². The average molecular weight is 520 g/mol. The van der Waals surface area contributed by atoms with Gasteiger partial charge in [-0.3, -0.25) is 14.4 Å². The molecule has 0 spiro atoms. The number of hydrogen-bond acceptors (Lipinski definition) is 5. The molecule has 0 aliphatic heterocycles. The molecule has 7 nitrogen and oxygen atoms in total. The molecule has 0 aromatic heterocycles. The Bertz CT molecular complexity index is 940. The molecule has 0 saturated carbocycles. The third kappa shape index (κ3) is 11.1. The summed E-state index contributed by atoms with van der Waals surface area (Å²) in [6.07, 6.45) is -8.61. The summed E-state index contributed by atoms with van der Waals surface area (Å²) < 4.78 is 80.3. The van der Waals surface area contributed by atoms with Gasteiger partial charge in [-0.2, -0.15) is 0 Å². The lowest BCUT2D eigenvalue weighted by molar-refractivity contribution is -0.275. The van der Waals surface area contributed by atoms with Gasteiger partial charge in [0.25, 0.3) is 11.8 Å². The van der Waals surface area contributed by atoms with Crippen molar-refractivity contribution >= 4 is 17.6 Å². The summed E-state index contributed by atoms with van der Waals surface area (Å²) in [6, 6.07) is 8.79. The molecule has 2 rings (SSSR count). The van der Waals surface area contributed by atoms with Crippen LogP contribution in [0.25, 0.3) is 0 Å². The zero-order valence-electron chi connectivity index (χ0n) is 18.7. The molecule has 196 valence electrons. The molecule has 0 unspecified atom stereocenters. The lowest BCUT2D eigenvalue weighted by Gasteiger charge is -2.10. The third-order valence-electron chi connectivity index (χ3n) is 4.54. The van der Waals surface area contributed by atoms with Crippen LogP contribution >= 0.6 is 0 Å². The Balaban J connectivity index is 1.59. The van der Waals surface area contributed by atoms with Crippen molar-refractivity contribution in [2.75, 3.05) is 13.1 Å². The normalized spacial score (nSPS) is 11.5. The number of benzene rings is 2. The molecular formula is C23H22F6N2O5. The monoisotopic (exact) mass is 520 g/mol. The lowest BCUT2D eigenvalue weighted by Crippen LogP contribution is -2.25. The van der Waals surface area contributed by atoms with Crippen LogP contribution in [0.2, 0.25) is 0 Å². The Morgan fingerprint density at radius 3 is 1.25 bits per heavy atom. The van der Waals surface area contributed by atoms with Crippen molar-refractivity contribution in [3.63, 3.8) is 0 Å². The SMILES string of the molecule is O=C(CCCNC(=O)c1ccc(OC(F)(F)F)cc1)CCCNC(=O)c1ccc(OC(F)(F)F)cc1. The van der Waals surface area contributed by atoms with Crippen LogP contribution in [0, 0.1) is 0 Å². The van der Waals surface area contributed by atoms with Gasteiger partial charge in [-0.1, -0.05) is 0 Å². The van der Waals surface area contributed by atoms with E-state index in [0.29, 0.717) is 12.8 Å². The molecule has 0 atom stereocenters. The smallest absolute Gasteiger partial charge is 0.406 e. The number of rotatable bonds is 12. The fourth-order valence-electron chi connectivity index (χ4n) is 2.92. The summed E-state index contributed by atoms with van der Waals surface area (Å²) in [5.41, 5.74) is 0.267. The second-order valence-corrected chi connectivity index (χ2v) is 7.40. The van der Waals surface area contributed by atoms with E-state index in [1.54, 1.807) is 0 Å². The number of nitrogens with one attached hydrogen (secondary N) is 2. The number of Topliss-reactive ketones (excluding diaryl/α,β-unsaturated/α-hetero) is 1. The summed E-state index contributed by atoms with van der Waals surface area (Å²) in [6.45, 7) is 0.353. The molecule has 0 aliphatic carbocycles. The van der Waals surface area contributed by atoms with Crippen molar-refractivity contribution in [1.82, 2.24) is 10.6 Å². The molecule has 2 N–H and O–H groups in total. The van der Waals surface area contributed by atoms with E-state index >= 15 is 0 Å². The molecular weight excluding hydrogens is 498 g/mol. The van der Waals surface area contributed by atoms with Gasteiger partial charge >= 0.3 is 12.7 Å². The second kappa shape index (κ2) is 12.8. The zero-order valence-corrected chi connectivity index (χ0v) is 18.7. The molecule has 0 aliphatic rings. The van der Waals surface area contributed by atoms with E-state index in [1.807, 2.05) is 0 Å². The van der Waals surface area contributed by atoms with Crippen LogP contribution in [0.1, 0.15) is 46.4 Å². The van der Waals surface area contributed by atoms with Crippen LogP contribution in [-0.2, 0) is 4.79 Å². The molecule has 2 aromatic carbocycles. The average Bonchev–Trinajstić information content (AvgIpc) is 2.78. The van der Waals surface area contributed by atoms with Gasteiger partial charge in [-0.15, -0.1) is 26.3 Å². The minimum Gasteiger partial charge on any atom is -0.406 e. The first-order valence-corrected chi connectivity index (χ1v) is 10.6. The number of halogens is 6. The number of amides is 2. The van der Waals surface area contributed by atoms with Crippen molar-refractivity contribution in [2.45, 2.75) is 38.4 Å². The van der Waals surface area contributed by atoms with Crippen LogP contribution in [-0.4, -0.2) is 43.4 Å². The molecule has 2 amide bonds. The predicted molar refractivity (Wildman–Crippen MR) is 114 cm³/mol. The highest BCUT2D eigenvalue weighted by Crippen LogP contribution is 2.23. The minimum atomic E-state index is -4.83. The van der Waals surface area contributed by atoms with E-state index < -0.39 is 36.0 Å². The van der Waals surface area contributed by atoms with Crippen LogP contribution < -0.4 is 20.1 Å². The van der Waals surface area contributed by atoms with Gasteiger partial charge in [-0.05, 0) is 61.4 Å². The molecule has 13 heteroatoms. The van der Waals surface area contributed by atoms with E-state index in [2.05, 4.69) is 20.1 Å². The Morgan fingerprint density at radius 2 is 0.944 bits per heavy atom. The maximum absolute atomic E-state index is 12.1. The molecule has 36 heavy (non-hydrogen) atoms. The maximum atomic E-state index is 12.1. The summed E-state index contributed by atoms with van der Waals surface area (Å²) in [7, 11) is 0. The maximum Gasteiger partial charge on any atom is 0.573 e. The topological polar surface area (TPSA) is 93.7 Å². The van der Waals surface area contributed by atoms with E-state index in [9.17, 15) is 40.7 Å². The fraction of sp³-hybridized carbons (Fsp3) is 0.348. The van der Waals surface area contributed by atoms with Crippen molar-refractivity contribution < 1.29 is 50.2 Å². The highest BCUT2D eigenvalue weighted by atomic mass is 19.4. The Hall–Kier alpha value is -3.77. The first kappa shape index (κ1) is 28.5. The Kier molecular flexibility index (Phi) is 10.1. The Morgan fingerprint density at radius 1 is 0.611 bits per heavy atom. The van der Waals surface area contributed by atoms with Crippen molar-refractivity contribution in [3.05, 3.63) is 59.7 Å². The van der Waals surface area contributed by atoms with E-state index in [0.717, 1.165) is 24.3 Å². The second-order valence-electron chi connectivity index (χ2n) is 7.40. The fourth-order valence-corrected chi connectivity index (χ4v) is 2.92. The van der Waals surface area contributed by atoms with Crippen molar-refractivity contribution in [3.8, 4) is 11.5 Å². The quantitative estimate of drug-likeness (QED) is 0.311. The van der Waals surface area contributed by atoms with Crippen molar-refractivity contribution in [2.24, 2.45) is 0 Å². The zero-order chi connectivity index (χ0) is 26.8. The van der Waals surface area contributed by atoms with E-state index in [4.69, 9.17) is 0 Å². The predicted octanol–water partition coefficient (Wildman–Crippen LogP) is 4.77. The van der Waals surface area contributed by atoms with Crippen LogP contribution in [0.15, 0.2) is 48.5 Å². The first-order chi connectivity index (χ1) is 16.8. The summed E-state index contributed by atoms with van der Waals surface area (Å²) in [4.78, 5) is 35.9. The third-order valence-corrected chi connectivity index (χ3v) is 4.54. The molecule has 0 heterocycles. The van der Waals surface area contributed by atoms with E-state index in [-0.39, 0.29) is 42.8 Å². The van der Waals surface area contributed by atoms with Crippen molar-refractivity contribution in [1.29, 1.82) is 0 Å². The van der Waals surface area contributed by atoms with Gasteiger partial charge in [0.1, 0.15) is 17.3 Å². The minimum absolute atomic E-state index is 0.0965. The summed E-state index contributed by atoms with van der Waals surface area (Å²) in [5.74, 6) is -2.02. The molecule has 0 bridgehead atoms. The Labute approximate surface area is 201 Å². The van der Waals surface area contributed by atoms with Crippen LogP contribution in [0.4, 0.5) is 26.3 Å². The van der Waals surface area contributed by atoms with Gasteiger partial charge in [0.05, 0.1) is 0 Å². The lowest BCUT2D eigenvalue weighted by atomic mass is 10.1. The number of ketones is 1. The number of carbonyl (C=O) groups is 3. The largest absolute Gasteiger partial charge is 0.573 e. The summed E-state index contributed by atoms with van der Waals surface area (Å²) >= 11 is 0. The molecule has 0 saturated heterocycles. The van der Waals surface area contributed by atoms with Gasteiger partial charge in [0.2, 0.25) is 0 Å². The van der Waals surface area contributed by atoms with Crippen LogP contribution in [0.5, 0.6) is 11.5 Å². The van der Waals surface area contributed by atoms with Gasteiger partial charge in [0.15, 0.2) is 0 Å². The first-order valence-electron chi connectivity index (χ1n) is 10.6. The highest BCUT2D eigenvalue weighted by molar-refractivity contribution is 5.94. The standard InChI is InChI=1S/C23H22F6N2O5/c24-22(25,26)35-18-9-5-15(6-10-18)20(33)30-13-1-3-17(32)4-2-14-31-21(34)16-7-11-19(12-8-16)36-23(27,28)29/h5-12H,1-4,13-14H2,(H,30,33)(H,31,34). The number of alkyl halides is 6.